The van der Waals surface area contributed by atoms with E-state index in [2.05, 4.69) is 31.6 Å². The zero-order valence-electron chi connectivity index (χ0n) is 12.9. The second-order valence-corrected chi connectivity index (χ2v) is 6.31. The van der Waals surface area contributed by atoms with Crippen LogP contribution in [0.5, 0.6) is 11.5 Å². The van der Waals surface area contributed by atoms with Crippen LogP contribution in [-0.2, 0) is 6.54 Å². The third-order valence-electron chi connectivity index (χ3n) is 2.94. The number of rotatable bonds is 6. The van der Waals surface area contributed by atoms with Gasteiger partial charge in [0, 0.05) is 10.0 Å². The van der Waals surface area contributed by atoms with Crippen molar-refractivity contribution in [3.63, 3.8) is 0 Å². The lowest BCUT2D eigenvalue weighted by molar-refractivity contribution is 0.227. The molecular formula is C14H19BrN4O2S. The van der Waals surface area contributed by atoms with Crippen LogP contribution in [0.1, 0.15) is 25.2 Å². The Balaban J connectivity index is 2.32. The average molecular weight is 387 g/mol. The Morgan fingerprint density at radius 2 is 2.18 bits per heavy atom. The minimum Gasteiger partial charge on any atom is -0.493 e. The maximum Gasteiger partial charge on any atom is 0.214 e. The minimum atomic E-state index is 0.0478. The molecule has 2 N–H and O–H groups in total. The van der Waals surface area contributed by atoms with Crippen molar-refractivity contribution in [1.29, 1.82) is 0 Å². The number of benzene rings is 1. The molecule has 0 aliphatic rings. The molecule has 0 bridgehead atoms. The first-order chi connectivity index (χ1) is 10.4. The zero-order valence-corrected chi connectivity index (χ0v) is 15.3. The molecule has 120 valence electrons. The fourth-order valence-corrected chi connectivity index (χ4v) is 2.73. The summed E-state index contributed by atoms with van der Waals surface area (Å²) >= 11 is 8.68. The maximum atomic E-state index is 5.91. The van der Waals surface area contributed by atoms with Gasteiger partial charge < -0.3 is 14.9 Å². The lowest BCUT2D eigenvalue weighted by Gasteiger charge is -2.19. The largest absolute Gasteiger partial charge is 0.493 e. The molecular weight excluding hydrogens is 368 g/mol. The third kappa shape index (κ3) is 3.80. The number of nitrogens with one attached hydrogen (secondary N) is 2. The van der Waals surface area contributed by atoms with Crippen LogP contribution in [0.2, 0.25) is 0 Å². The molecule has 0 radical (unpaired) electrons. The molecule has 0 fully saturated rings. The standard InChI is InChI=1S/C14H19BrN4O2S/c1-8(2)21-13-10(5-11(15)6-12(13)20-4)7-16-19-9(3)17-18-14(19)22/h5-6,8,16H,7H2,1-4H3,(H,18,22). The van der Waals surface area contributed by atoms with E-state index in [1.807, 2.05) is 32.9 Å². The fourth-order valence-electron chi connectivity index (χ4n) is 2.00. The van der Waals surface area contributed by atoms with Crippen molar-refractivity contribution in [1.82, 2.24) is 14.9 Å². The molecule has 0 amide bonds. The Labute approximate surface area is 142 Å². The van der Waals surface area contributed by atoms with E-state index < -0.39 is 0 Å². The van der Waals surface area contributed by atoms with Gasteiger partial charge in [0.25, 0.3) is 0 Å². The number of aryl methyl sites for hydroxylation is 1. The van der Waals surface area contributed by atoms with Crippen LogP contribution < -0.4 is 14.9 Å². The predicted molar refractivity (Wildman–Crippen MR) is 91.7 cm³/mol. The van der Waals surface area contributed by atoms with Gasteiger partial charge in [-0.15, -0.1) is 0 Å². The normalized spacial score (nSPS) is 10.8. The number of ether oxygens (including phenoxy) is 2. The third-order valence-corrected chi connectivity index (χ3v) is 3.67. The van der Waals surface area contributed by atoms with Crippen molar-refractivity contribution in [3.05, 3.63) is 32.8 Å². The number of hydrogen-bond acceptors (Lipinski definition) is 5. The summed E-state index contributed by atoms with van der Waals surface area (Å²) in [5, 5.41) is 6.81. The van der Waals surface area contributed by atoms with Crippen LogP contribution in [0.4, 0.5) is 0 Å². The first kappa shape index (κ1) is 16.8. The molecule has 0 atom stereocenters. The number of hydrogen-bond donors (Lipinski definition) is 2. The van der Waals surface area contributed by atoms with Crippen LogP contribution >= 0.6 is 28.1 Å². The van der Waals surface area contributed by atoms with Crippen molar-refractivity contribution >= 4 is 28.1 Å². The Morgan fingerprint density at radius 3 is 2.73 bits per heavy atom. The monoisotopic (exact) mass is 386 g/mol. The molecule has 0 saturated heterocycles. The minimum absolute atomic E-state index is 0.0478. The highest BCUT2D eigenvalue weighted by Crippen LogP contribution is 2.35. The Bertz CT molecular complexity index is 711. The highest BCUT2D eigenvalue weighted by Gasteiger charge is 2.14. The van der Waals surface area contributed by atoms with Gasteiger partial charge in [-0.05, 0) is 45.1 Å². The van der Waals surface area contributed by atoms with Crippen molar-refractivity contribution in [2.24, 2.45) is 0 Å². The van der Waals surface area contributed by atoms with E-state index in [1.165, 1.54) is 0 Å². The molecule has 1 aromatic heterocycles. The van der Waals surface area contributed by atoms with Gasteiger partial charge >= 0.3 is 0 Å². The van der Waals surface area contributed by atoms with Crippen LogP contribution in [0, 0.1) is 11.7 Å². The van der Waals surface area contributed by atoms with Gasteiger partial charge in [-0.2, -0.15) is 5.10 Å². The topological polar surface area (TPSA) is 64.1 Å². The summed E-state index contributed by atoms with van der Waals surface area (Å²) < 4.78 is 14.5. The molecule has 0 aliphatic carbocycles. The summed E-state index contributed by atoms with van der Waals surface area (Å²) in [5.41, 5.74) is 4.19. The summed E-state index contributed by atoms with van der Waals surface area (Å²) in [6, 6.07) is 3.88. The second-order valence-electron chi connectivity index (χ2n) is 5.01. The van der Waals surface area contributed by atoms with Crippen molar-refractivity contribution in [2.75, 3.05) is 12.5 Å². The summed E-state index contributed by atoms with van der Waals surface area (Å²) in [6.45, 7) is 6.35. The van der Waals surface area contributed by atoms with E-state index in [4.69, 9.17) is 21.7 Å². The SMILES string of the molecule is COc1cc(Br)cc(CNn2c(C)n[nH]c2=S)c1OC(C)C. The molecule has 2 aromatic rings. The van der Waals surface area contributed by atoms with E-state index in [0.29, 0.717) is 17.1 Å². The number of aromatic nitrogens is 3. The summed E-state index contributed by atoms with van der Waals surface area (Å²) in [7, 11) is 1.63. The van der Waals surface area contributed by atoms with Gasteiger partial charge in [-0.3, -0.25) is 5.10 Å². The van der Waals surface area contributed by atoms with Gasteiger partial charge in [0.2, 0.25) is 4.77 Å². The van der Waals surface area contributed by atoms with Crippen LogP contribution in [0.25, 0.3) is 0 Å². The Kier molecular flexibility index (Phi) is 5.47. The van der Waals surface area contributed by atoms with Crippen molar-refractivity contribution < 1.29 is 9.47 Å². The highest BCUT2D eigenvalue weighted by molar-refractivity contribution is 9.10. The van der Waals surface area contributed by atoms with Gasteiger partial charge in [-0.1, -0.05) is 15.9 Å². The molecule has 1 heterocycles. The Hall–Kier alpha value is -1.54. The molecule has 6 nitrogen and oxygen atoms in total. The molecule has 0 saturated carbocycles. The summed E-state index contributed by atoms with van der Waals surface area (Å²) in [4.78, 5) is 0. The molecule has 1 aromatic carbocycles. The number of halogens is 1. The summed E-state index contributed by atoms with van der Waals surface area (Å²) in [5.74, 6) is 2.17. The van der Waals surface area contributed by atoms with E-state index in [1.54, 1.807) is 11.8 Å². The van der Waals surface area contributed by atoms with Gasteiger partial charge in [0.1, 0.15) is 5.82 Å². The number of nitrogens with zero attached hydrogens (tertiary/aromatic N) is 2. The second kappa shape index (κ2) is 7.15. The molecule has 0 unspecified atom stereocenters. The quantitative estimate of drug-likeness (QED) is 0.743. The smallest absolute Gasteiger partial charge is 0.214 e. The Morgan fingerprint density at radius 1 is 1.45 bits per heavy atom. The first-order valence-electron chi connectivity index (χ1n) is 6.83. The lowest BCUT2D eigenvalue weighted by atomic mass is 10.2. The number of aromatic amines is 1. The van der Waals surface area contributed by atoms with E-state index >= 15 is 0 Å². The first-order valence-corrected chi connectivity index (χ1v) is 8.03. The number of H-pyrrole nitrogens is 1. The fraction of sp³-hybridized carbons (Fsp3) is 0.429. The summed E-state index contributed by atoms with van der Waals surface area (Å²) in [6.07, 6.45) is 0.0478. The molecule has 22 heavy (non-hydrogen) atoms. The van der Waals surface area contributed by atoms with Crippen molar-refractivity contribution in [3.8, 4) is 11.5 Å². The molecule has 2 rings (SSSR count). The van der Waals surface area contributed by atoms with Crippen LogP contribution in [0.15, 0.2) is 16.6 Å². The zero-order chi connectivity index (χ0) is 16.3. The lowest BCUT2D eigenvalue weighted by Crippen LogP contribution is -2.17. The maximum absolute atomic E-state index is 5.91. The van der Waals surface area contributed by atoms with Gasteiger partial charge in [-0.25, -0.2) is 4.68 Å². The van der Waals surface area contributed by atoms with Crippen molar-refractivity contribution in [2.45, 2.75) is 33.4 Å². The molecule has 8 heteroatoms. The van der Waals surface area contributed by atoms with E-state index in [-0.39, 0.29) is 6.10 Å². The average Bonchev–Trinajstić information content (AvgIpc) is 2.77. The van der Waals surface area contributed by atoms with Gasteiger partial charge in [0.15, 0.2) is 11.5 Å². The number of methoxy groups -OCH3 is 1. The van der Waals surface area contributed by atoms with Gasteiger partial charge in [0.05, 0.1) is 19.8 Å². The van der Waals surface area contributed by atoms with Crippen LogP contribution in [0.3, 0.4) is 0 Å². The molecule has 0 spiro atoms. The predicted octanol–water partition coefficient (Wildman–Crippen LogP) is 3.55. The van der Waals surface area contributed by atoms with E-state index in [9.17, 15) is 0 Å². The highest BCUT2D eigenvalue weighted by atomic mass is 79.9. The van der Waals surface area contributed by atoms with Crippen LogP contribution in [-0.4, -0.2) is 28.1 Å². The van der Waals surface area contributed by atoms with E-state index in [0.717, 1.165) is 21.6 Å². The molecule has 0 aliphatic heterocycles.